The minimum absolute atomic E-state index is 0.227. The van der Waals surface area contributed by atoms with Crippen molar-refractivity contribution in [1.82, 2.24) is 0 Å². The van der Waals surface area contributed by atoms with Crippen LogP contribution in [0, 0.1) is 18.8 Å². The van der Waals surface area contributed by atoms with Gasteiger partial charge in [0.05, 0.1) is 0 Å². The maximum absolute atomic E-state index is 12.1. The van der Waals surface area contributed by atoms with Crippen LogP contribution < -0.4 is 4.90 Å². The molecule has 1 saturated carbocycles. The zero-order valence-electron chi connectivity index (χ0n) is 12.4. The fourth-order valence-electron chi connectivity index (χ4n) is 2.98. The molecule has 0 amide bonds. The zero-order valence-corrected chi connectivity index (χ0v) is 12.4. The standard InChI is InChI=1S/C17H25NO/c1-4-14-7-10-17(19)15(11-14)12-18(3)16-8-5-13(2)6-9-16/h5-6,8-9,14-15H,4,7,10-12H2,1-3H3. The highest BCUT2D eigenvalue weighted by Crippen LogP contribution is 2.29. The van der Waals surface area contributed by atoms with E-state index in [0.717, 1.165) is 31.7 Å². The number of aryl methyl sites for hydroxylation is 1. The van der Waals surface area contributed by atoms with E-state index >= 15 is 0 Å². The first-order chi connectivity index (χ1) is 9.10. The Morgan fingerprint density at radius 2 is 1.95 bits per heavy atom. The molecule has 1 fully saturated rings. The lowest BCUT2D eigenvalue weighted by molar-refractivity contribution is -0.125. The molecule has 1 aromatic rings. The van der Waals surface area contributed by atoms with Gasteiger partial charge in [0.1, 0.15) is 5.78 Å². The summed E-state index contributed by atoms with van der Waals surface area (Å²) in [5, 5.41) is 0. The van der Waals surface area contributed by atoms with E-state index in [0.29, 0.717) is 5.78 Å². The van der Waals surface area contributed by atoms with Gasteiger partial charge >= 0.3 is 0 Å². The van der Waals surface area contributed by atoms with Crippen LogP contribution in [-0.4, -0.2) is 19.4 Å². The molecule has 19 heavy (non-hydrogen) atoms. The summed E-state index contributed by atoms with van der Waals surface area (Å²) in [5.41, 5.74) is 2.48. The maximum atomic E-state index is 12.1. The summed E-state index contributed by atoms with van der Waals surface area (Å²) < 4.78 is 0. The summed E-state index contributed by atoms with van der Waals surface area (Å²) >= 11 is 0. The Hall–Kier alpha value is -1.31. The van der Waals surface area contributed by atoms with Gasteiger partial charge in [-0.15, -0.1) is 0 Å². The summed E-state index contributed by atoms with van der Waals surface area (Å²) in [6.45, 7) is 5.19. The number of nitrogens with zero attached hydrogens (tertiary/aromatic N) is 1. The van der Waals surface area contributed by atoms with Crippen LogP contribution in [0.15, 0.2) is 24.3 Å². The SMILES string of the molecule is CCC1CCC(=O)C(CN(C)c2ccc(C)cc2)C1. The van der Waals surface area contributed by atoms with Gasteiger partial charge in [0, 0.05) is 31.6 Å². The van der Waals surface area contributed by atoms with E-state index < -0.39 is 0 Å². The smallest absolute Gasteiger partial charge is 0.137 e. The number of ketones is 1. The number of hydrogen-bond donors (Lipinski definition) is 0. The fourth-order valence-corrected chi connectivity index (χ4v) is 2.98. The predicted octanol–water partition coefficient (Wildman–Crippen LogP) is 3.83. The van der Waals surface area contributed by atoms with Gasteiger partial charge in [0.2, 0.25) is 0 Å². The van der Waals surface area contributed by atoms with Gasteiger partial charge in [-0.05, 0) is 37.8 Å². The van der Waals surface area contributed by atoms with Gasteiger partial charge in [0.25, 0.3) is 0 Å². The lowest BCUT2D eigenvalue weighted by atomic mass is 9.79. The second-order valence-corrected chi connectivity index (χ2v) is 5.93. The van der Waals surface area contributed by atoms with Gasteiger partial charge in [0.15, 0.2) is 0 Å². The van der Waals surface area contributed by atoms with Gasteiger partial charge in [-0.25, -0.2) is 0 Å². The monoisotopic (exact) mass is 259 g/mol. The molecule has 1 aliphatic carbocycles. The van der Waals surface area contributed by atoms with Crippen molar-refractivity contribution in [1.29, 1.82) is 0 Å². The summed E-state index contributed by atoms with van der Waals surface area (Å²) in [7, 11) is 2.09. The average molecular weight is 259 g/mol. The Labute approximate surface area is 116 Å². The molecule has 0 radical (unpaired) electrons. The van der Waals surface area contributed by atoms with Crippen LogP contribution in [0.2, 0.25) is 0 Å². The second kappa shape index (κ2) is 6.23. The van der Waals surface area contributed by atoms with E-state index in [-0.39, 0.29) is 5.92 Å². The number of hydrogen-bond acceptors (Lipinski definition) is 2. The van der Waals surface area contributed by atoms with Gasteiger partial charge in [-0.1, -0.05) is 31.0 Å². The van der Waals surface area contributed by atoms with Crippen molar-refractivity contribution < 1.29 is 4.79 Å². The first-order valence-corrected chi connectivity index (χ1v) is 7.40. The number of Topliss-reactive ketones (excluding diaryl/α,β-unsaturated/α-hetero) is 1. The molecule has 104 valence electrons. The Bertz CT molecular complexity index is 423. The average Bonchev–Trinajstić information content (AvgIpc) is 2.42. The molecule has 0 aromatic heterocycles. The molecule has 2 nitrogen and oxygen atoms in total. The number of benzene rings is 1. The molecule has 0 saturated heterocycles. The van der Waals surface area contributed by atoms with E-state index in [2.05, 4.69) is 50.1 Å². The van der Waals surface area contributed by atoms with Crippen LogP contribution >= 0.6 is 0 Å². The van der Waals surface area contributed by atoms with E-state index in [4.69, 9.17) is 0 Å². The Morgan fingerprint density at radius 3 is 2.58 bits per heavy atom. The zero-order chi connectivity index (χ0) is 13.8. The Morgan fingerprint density at radius 1 is 1.26 bits per heavy atom. The van der Waals surface area contributed by atoms with E-state index in [1.165, 1.54) is 17.7 Å². The van der Waals surface area contributed by atoms with Crippen molar-refractivity contribution in [3.63, 3.8) is 0 Å². The van der Waals surface area contributed by atoms with Crippen LogP contribution in [0.3, 0.4) is 0 Å². The molecule has 1 aliphatic rings. The fraction of sp³-hybridized carbons (Fsp3) is 0.588. The van der Waals surface area contributed by atoms with Crippen molar-refractivity contribution in [3.05, 3.63) is 29.8 Å². The summed E-state index contributed by atoms with van der Waals surface area (Å²) in [4.78, 5) is 14.3. The highest BCUT2D eigenvalue weighted by Gasteiger charge is 2.28. The summed E-state index contributed by atoms with van der Waals surface area (Å²) in [5.74, 6) is 1.43. The number of carbonyl (C=O) groups is 1. The maximum Gasteiger partial charge on any atom is 0.137 e. The van der Waals surface area contributed by atoms with Gasteiger partial charge < -0.3 is 4.90 Å². The quantitative estimate of drug-likeness (QED) is 0.819. The molecule has 1 aromatic carbocycles. The van der Waals surface area contributed by atoms with Crippen molar-refractivity contribution in [2.45, 2.75) is 39.5 Å². The molecule has 0 heterocycles. The molecule has 0 bridgehead atoms. The normalized spacial score (nSPS) is 23.4. The third kappa shape index (κ3) is 3.59. The Kier molecular flexibility index (Phi) is 4.62. The molecule has 0 spiro atoms. The number of rotatable bonds is 4. The highest BCUT2D eigenvalue weighted by atomic mass is 16.1. The van der Waals surface area contributed by atoms with Gasteiger partial charge in [-0.3, -0.25) is 4.79 Å². The molecule has 0 aliphatic heterocycles. The van der Waals surface area contributed by atoms with Crippen LogP contribution in [-0.2, 0) is 4.79 Å². The molecular weight excluding hydrogens is 234 g/mol. The molecule has 2 rings (SSSR count). The van der Waals surface area contributed by atoms with E-state index in [1.54, 1.807) is 0 Å². The topological polar surface area (TPSA) is 20.3 Å². The van der Waals surface area contributed by atoms with Crippen molar-refractivity contribution in [3.8, 4) is 0 Å². The van der Waals surface area contributed by atoms with E-state index in [1.807, 2.05) is 0 Å². The van der Waals surface area contributed by atoms with Crippen LogP contribution in [0.1, 0.15) is 38.2 Å². The van der Waals surface area contributed by atoms with Gasteiger partial charge in [-0.2, -0.15) is 0 Å². The summed E-state index contributed by atoms with van der Waals surface area (Å²) in [6.07, 6.45) is 4.16. The van der Waals surface area contributed by atoms with Crippen molar-refractivity contribution >= 4 is 11.5 Å². The molecular formula is C17H25NO. The highest BCUT2D eigenvalue weighted by molar-refractivity contribution is 5.82. The van der Waals surface area contributed by atoms with E-state index in [9.17, 15) is 4.79 Å². The molecule has 0 N–H and O–H groups in total. The minimum atomic E-state index is 0.227. The first kappa shape index (κ1) is 14.1. The summed E-state index contributed by atoms with van der Waals surface area (Å²) in [6, 6.07) is 8.53. The first-order valence-electron chi connectivity index (χ1n) is 7.40. The third-order valence-corrected chi connectivity index (χ3v) is 4.42. The minimum Gasteiger partial charge on any atom is -0.374 e. The van der Waals surface area contributed by atoms with Crippen LogP contribution in [0.5, 0.6) is 0 Å². The van der Waals surface area contributed by atoms with Crippen molar-refractivity contribution in [2.24, 2.45) is 11.8 Å². The molecule has 2 heteroatoms. The molecule has 2 atom stereocenters. The number of anilines is 1. The second-order valence-electron chi connectivity index (χ2n) is 5.93. The molecule has 2 unspecified atom stereocenters. The predicted molar refractivity (Wildman–Crippen MR) is 80.6 cm³/mol. The van der Waals surface area contributed by atoms with Crippen molar-refractivity contribution in [2.75, 3.05) is 18.5 Å². The number of carbonyl (C=O) groups excluding carboxylic acids is 1. The Balaban J connectivity index is 1.99. The lowest BCUT2D eigenvalue weighted by Crippen LogP contribution is -2.34. The lowest BCUT2D eigenvalue weighted by Gasteiger charge is -2.31. The largest absolute Gasteiger partial charge is 0.374 e. The van der Waals surface area contributed by atoms with Crippen LogP contribution in [0.4, 0.5) is 5.69 Å². The third-order valence-electron chi connectivity index (χ3n) is 4.42. The van der Waals surface area contributed by atoms with Crippen LogP contribution in [0.25, 0.3) is 0 Å².